The maximum absolute atomic E-state index is 10.0. The first kappa shape index (κ1) is 19.7. The maximum atomic E-state index is 10.0. The number of carboxylic acids is 2. The van der Waals surface area contributed by atoms with Crippen LogP contribution in [-0.2, 0) is 9.59 Å². The number of rotatable bonds is 6. The Labute approximate surface area is 111 Å². The van der Waals surface area contributed by atoms with Gasteiger partial charge in [-0.3, -0.25) is 4.79 Å². The van der Waals surface area contributed by atoms with Crippen molar-refractivity contribution in [1.29, 1.82) is 0 Å². The first-order chi connectivity index (χ1) is 8.13. The van der Waals surface area contributed by atoms with E-state index in [1.54, 1.807) is 0 Å². The zero-order valence-corrected chi connectivity index (χ0v) is 13.3. The minimum atomic E-state index is -1.78. The van der Waals surface area contributed by atoms with E-state index in [-0.39, 0.29) is 0 Å². The SMILES string of the molecule is CC(C)(C(=O)[O-])C(=O)O.CC[P+](CC)(CC)CC. The van der Waals surface area contributed by atoms with Gasteiger partial charge in [0.05, 0.1) is 30.6 Å². The van der Waals surface area contributed by atoms with Gasteiger partial charge in [0.15, 0.2) is 0 Å². The Balaban J connectivity index is 0. The standard InChI is InChI=1S/C8H20P.C5H8O4/c1-5-9(6-2,7-3)8-4;1-5(2,3(6)7)4(8)9/h5-8H2,1-4H3;1-2H3,(H,6,7)(H,8,9)/q+1;/p-1. The van der Waals surface area contributed by atoms with Crippen molar-refractivity contribution in [2.45, 2.75) is 41.5 Å². The van der Waals surface area contributed by atoms with Gasteiger partial charge in [-0.05, 0) is 41.5 Å². The summed E-state index contributed by atoms with van der Waals surface area (Å²) < 4.78 is 0. The highest BCUT2D eigenvalue weighted by atomic mass is 31.2. The molecule has 0 aliphatic carbocycles. The van der Waals surface area contributed by atoms with Crippen molar-refractivity contribution < 1.29 is 19.8 Å². The van der Waals surface area contributed by atoms with Crippen molar-refractivity contribution >= 4 is 19.2 Å². The highest BCUT2D eigenvalue weighted by molar-refractivity contribution is 7.75. The Bertz CT molecular complexity index is 237. The second-order valence-electron chi connectivity index (χ2n) is 4.82. The number of carbonyl (C=O) groups is 2. The highest BCUT2D eigenvalue weighted by Gasteiger charge is 2.28. The van der Waals surface area contributed by atoms with Crippen molar-refractivity contribution in [3.05, 3.63) is 0 Å². The van der Waals surface area contributed by atoms with Crippen LogP contribution in [0, 0.1) is 5.41 Å². The predicted molar refractivity (Wildman–Crippen MR) is 75.5 cm³/mol. The van der Waals surface area contributed by atoms with Gasteiger partial charge in [-0.2, -0.15) is 0 Å². The van der Waals surface area contributed by atoms with Crippen LogP contribution in [0.1, 0.15) is 41.5 Å². The Morgan fingerprint density at radius 2 is 1.28 bits per heavy atom. The molecule has 18 heavy (non-hydrogen) atoms. The van der Waals surface area contributed by atoms with Gasteiger partial charge in [0, 0.05) is 7.26 Å². The molecule has 108 valence electrons. The third kappa shape index (κ3) is 5.81. The molecule has 5 heteroatoms. The summed E-state index contributed by atoms with van der Waals surface area (Å²) in [6, 6.07) is 0. The number of carbonyl (C=O) groups excluding carboxylic acids is 1. The first-order valence-electron chi connectivity index (χ1n) is 6.43. The Morgan fingerprint density at radius 3 is 1.28 bits per heavy atom. The molecular weight excluding hydrogens is 251 g/mol. The second-order valence-corrected chi connectivity index (χ2v) is 10.0. The Morgan fingerprint density at radius 1 is 1.00 bits per heavy atom. The van der Waals surface area contributed by atoms with Crippen LogP contribution in [0.2, 0.25) is 0 Å². The molecule has 0 saturated heterocycles. The van der Waals surface area contributed by atoms with Crippen LogP contribution in [0.5, 0.6) is 0 Å². The molecule has 0 amide bonds. The topological polar surface area (TPSA) is 77.4 Å². The van der Waals surface area contributed by atoms with E-state index in [1.807, 2.05) is 0 Å². The van der Waals surface area contributed by atoms with E-state index < -0.39 is 24.6 Å². The van der Waals surface area contributed by atoms with Gasteiger partial charge in [0.2, 0.25) is 0 Å². The number of hydrogen-bond donors (Lipinski definition) is 1. The summed E-state index contributed by atoms with van der Waals surface area (Å²) in [6.07, 6.45) is 5.82. The lowest BCUT2D eigenvalue weighted by molar-refractivity contribution is -0.316. The number of hydrogen-bond acceptors (Lipinski definition) is 3. The summed E-state index contributed by atoms with van der Waals surface area (Å²) in [7, 11) is -0.420. The molecule has 0 rings (SSSR count). The van der Waals surface area contributed by atoms with E-state index in [0.29, 0.717) is 0 Å². The first-order valence-corrected chi connectivity index (χ1v) is 8.96. The van der Waals surface area contributed by atoms with Crippen LogP contribution in [0.25, 0.3) is 0 Å². The number of aliphatic carboxylic acids is 2. The zero-order valence-electron chi connectivity index (χ0n) is 12.4. The third-order valence-corrected chi connectivity index (χ3v) is 9.09. The fourth-order valence-electron chi connectivity index (χ4n) is 1.43. The molecule has 0 aliphatic rings. The van der Waals surface area contributed by atoms with Gasteiger partial charge < -0.3 is 15.0 Å². The molecule has 0 saturated carbocycles. The molecule has 0 aliphatic heterocycles. The van der Waals surface area contributed by atoms with Gasteiger partial charge in [0.1, 0.15) is 5.41 Å². The molecular formula is C13H27O4P. The molecule has 0 fully saturated rings. The van der Waals surface area contributed by atoms with E-state index in [2.05, 4.69) is 27.7 Å². The maximum Gasteiger partial charge on any atom is 0.314 e. The van der Waals surface area contributed by atoms with Crippen molar-refractivity contribution in [2.75, 3.05) is 24.6 Å². The fraction of sp³-hybridized carbons (Fsp3) is 0.846. The van der Waals surface area contributed by atoms with Gasteiger partial charge in [0.25, 0.3) is 0 Å². The van der Waals surface area contributed by atoms with Crippen molar-refractivity contribution in [3.63, 3.8) is 0 Å². The van der Waals surface area contributed by atoms with E-state index in [4.69, 9.17) is 5.11 Å². The molecule has 0 aromatic carbocycles. The van der Waals surface area contributed by atoms with E-state index >= 15 is 0 Å². The largest absolute Gasteiger partial charge is 0.549 e. The molecule has 0 radical (unpaired) electrons. The predicted octanol–water partition coefficient (Wildman–Crippen LogP) is 1.93. The molecule has 0 unspecified atom stereocenters. The molecule has 0 atom stereocenters. The fourth-order valence-corrected chi connectivity index (χ4v) is 4.11. The summed E-state index contributed by atoms with van der Waals surface area (Å²) >= 11 is 0. The average Bonchev–Trinajstić information content (AvgIpc) is 2.33. The van der Waals surface area contributed by atoms with Crippen LogP contribution >= 0.6 is 7.26 Å². The summed E-state index contributed by atoms with van der Waals surface area (Å²) in [5.74, 6) is -2.96. The quantitative estimate of drug-likeness (QED) is 0.595. The zero-order chi connectivity index (χ0) is 15.0. The minimum absolute atomic E-state index is 0.420. The van der Waals surface area contributed by atoms with Crippen molar-refractivity contribution in [3.8, 4) is 0 Å². The van der Waals surface area contributed by atoms with Crippen LogP contribution in [0.15, 0.2) is 0 Å². The van der Waals surface area contributed by atoms with E-state index in [9.17, 15) is 14.7 Å². The molecule has 0 heterocycles. The summed E-state index contributed by atoms with van der Waals surface area (Å²) in [5.41, 5.74) is -1.78. The smallest absolute Gasteiger partial charge is 0.314 e. The lowest BCUT2D eigenvalue weighted by Gasteiger charge is -2.20. The van der Waals surface area contributed by atoms with Crippen LogP contribution in [0.3, 0.4) is 0 Å². The van der Waals surface area contributed by atoms with Gasteiger partial charge in [-0.25, -0.2) is 0 Å². The number of carboxylic acid groups (broad SMARTS) is 2. The molecule has 1 N–H and O–H groups in total. The van der Waals surface area contributed by atoms with Crippen molar-refractivity contribution in [1.82, 2.24) is 0 Å². The molecule has 4 nitrogen and oxygen atoms in total. The molecule has 0 aromatic rings. The lowest BCUT2D eigenvalue weighted by atomic mass is 9.95. The Kier molecular flexibility index (Phi) is 9.27. The minimum Gasteiger partial charge on any atom is -0.549 e. The van der Waals surface area contributed by atoms with Crippen LogP contribution in [0.4, 0.5) is 0 Å². The monoisotopic (exact) mass is 278 g/mol. The van der Waals surface area contributed by atoms with Gasteiger partial charge >= 0.3 is 5.97 Å². The molecule has 0 spiro atoms. The van der Waals surface area contributed by atoms with E-state index in [0.717, 1.165) is 13.8 Å². The average molecular weight is 278 g/mol. The molecule has 0 bridgehead atoms. The second kappa shape index (κ2) is 8.47. The summed E-state index contributed by atoms with van der Waals surface area (Å²) in [4.78, 5) is 20.0. The third-order valence-electron chi connectivity index (χ3n) is 3.73. The normalized spacial score (nSPS) is 11.4. The Hall–Kier alpha value is -0.630. The van der Waals surface area contributed by atoms with Crippen LogP contribution < -0.4 is 5.11 Å². The summed E-state index contributed by atoms with van der Waals surface area (Å²) in [6.45, 7) is 11.6. The van der Waals surface area contributed by atoms with Gasteiger partial charge in [-0.1, -0.05) is 0 Å². The highest BCUT2D eigenvalue weighted by Crippen LogP contribution is 2.57. The van der Waals surface area contributed by atoms with Crippen molar-refractivity contribution in [2.24, 2.45) is 5.41 Å². The van der Waals surface area contributed by atoms with E-state index in [1.165, 1.54) is 24.6 Å². The van der Waals surface area contributed by atoms with Crippen LogP contribution in [-0.4, -0.2) is 41.7 Å². The van der Waals surface area contributed by atoms with Gasteiger partial charge in [-0.15, -0.1) is 0 Å². The molecule has 0 aromatic heterocycles. The lowest BCUT2D eigenvalue weighted by Crippen LogP contribution is -2.43. The summed E-state index contributed by atoms with van der Waals surface area (Å²) in [5, 5.41) is 18.2.